The normalized spacial score (nSPS) is 10.7. The van der Waals surface area contributed by atoms with Gasteiger partial charge in [0.2, 0.25) is 0 Å². The van der Waals surface area contributed by atoms with Crippen LogP contribution in [0.3, 0.4) is 0 Å². The molecule has 0 saturated carbocycles. The Morgan fingerprint density at radius 2 is 2.16 bits per heavy atom. The summed E-state index contributed by atoms with van der Waals surface area (Å²) in [6.45, 7) is 3.61. The average Bonchev–Trinajstić information content (AvgIpc) is 2.77. The molecule has 2 aromatic rings. The van der Waals surface area contributed by atoms with Gasteiger partial charge in [-0.2, -0.15) is 0 Å². The predicted molar refractivity (Wildman–Crippen MR) is 77.1 cm³/mol. The van der Waals surface area contributed by atoms with Crippen molar-refractivity contribution >= 4 is 5.69 Å². The molecule has 0 spiro atoms. The van der Waals surface area contributed by atoms with Crippen molar-refractivity contribution in [3.05, 3.63) is 41.7 Å². The van der Waals surface area contributed by atoms with Crippen molar-refractivity contribution in [3.63, 3.8) is 0 Å². The molecule has 19 heavy (non-hydrogen) atoms. The summed E-state index contributed by atoms with van der Waals surface area (Å²) in [7, 11) is 6.05. The number of anilines is 1. The Morgan fingerprint density at radius 1 is 1.37 bits per heavy atom. The molecule has 0 unspecified atom stereocenters. The Balaban J connectivity index is 2.24. The lowest BCUT2D eigenvalue weighted by atomic mass is 10.2. The summed E-state index contributed by atoms with van der Waals surface area (Å²) in [5.74, 6) is 1.05. The van der Waals surface area contributed by atoms with Crippen LogP contribution in [0.2, 0.25) is 0 Å². The van der Waals surface area contributed by atoms with Gasteiger partial charge in [0, 0.05) is 56.2 Å². The highest BCUT2D eigenvalue weighted by Crippen LogP contribution is 2.21. The molecule has 2 rings (SSSR count). The standard InChI is InChI=1S/C14H21N5/c1-11-7-13(12(8-15-2)9-17-11)19(4)10-14-16-5-6-18(14)3/h5-7,9,15H,8,10H2,1-4H3. The minimum absolute atomic E-state index is 0.781. The Bertz CT molecular complexity index is 547. The van der Waals surface area contributed by atoms with E-state index in [1.807, 2.05) is 44.2 Å². The molecule has 0 atom stereocenters. The van der Waals surface area contributed by atoms with E-state index in [4.69, 9.17) is 0 Å². The number of pyridine rings is 1. The van der Waals surface area contributed by atoms with Crippen LogP contribution in [0.1, 0.15) is 17.1 Å². The molecular formula is C14H21N5. The summed E-state index contributed by atoms with van der Waals surface area (Å²) < 4.78 is 2.04. The lowest BCUT2D eigenvalue weighted by molar-refractivity contribution is 0.749. The van der Waals surface area contributed by atoms with Crippen LogP contribution in [0, 0.1) is 6.92 Å². The highest BCUT2D eigenvalue weighted by Gasteiger charge is 2.10. The number of aryl methyl sites for hydroxylation is 2. The van der Waals surface area contributed by atoms with Gasteiger partial charge in [0.05, 0.1) is 6.54 Å². The molecule has 0 aliphatic rings. The second kappa shape index (κ2) is 5.84. The highest BCUT2D eigenvalue weighted by molar-refractivity contribution is 5.53. The highest BCUT2D eigenvalue weighted by atomic mass is 15.2. The maximum absolute atomic E-state index is 4.37. The smallest absolute Gasteiger partial charge is 0.127 e. The first-order valence-corrected chi connectivity index (χ1v) is 6.39. The van der Waals surface area contributed by atoms with Gasteiger partial charge in [0.15, 0.2) is 0 Å². The third kappa shape index (κ3) is 3.12. The van der Waals surface area contributed by atoms with Crippen molar-refractivity contribution in [1.29, 1.82) is 0 Å². The Morgan fingerprint density at radius 3 is 2.79 bits per heavy atom. The third-order valence-electron chi connectivity index (χ3n) is 3.18. The van der Waals surface area contributed by atoms with E-state index in [1.54, 1.807) is 0 Å². The first-order chi connectivity index (χ1) is 9.11. The maximum Gasteiger partial charge on any atom is 0.127 e. The van der Waals surface area contributed by atoms with Crippen LogP contribution in [0.15, 0.2) is 24.7 Å². The Labute approximate surface area is 114 Å². The molecule has 0 aromatic carbocycles. The van der Waals surface area contributed by atoms with E-state index >= 15 is 0 Å². The van der Waals surface area contributed by atoms with Crippen molar-refractivity contribution in [2.24, 2.45) is 7.05 Å². The van der Waals surface area contributed by atoms with E-state index in [1.165, 1.54) is 11.3 Å². The van der Waals surface area contributed by atoms with Crippen molar-refractivity contribution in [1.82, 2.24) is 19.9 Å². The summed E-state index contributed by atoms with van der Waals surface area (Å²) in [6, 6.07) is 2.12. The topological polar surface area (TPSA) is 46.0 Å². The second-order valence-corrected chi connectivity index (χ2v) is 4.80. The lowest BCUT2D eigenvalue weighted by Crippen LogP contribution is -2.22. The fraction of sp³-hybridized carbons (Fsp3) is 0.429. The van der Waals surface area contributed by atoms with E-state index in [9.17, 15) is 0 Å². The van der Waals surface area contributed by atoms with E-state index in [0.29, 0.717) is 0 Å². The molecule has 102 valence electrons. The van der Waals surface area contributed by atoms with E-state index in [2.05, 4.69) is 33.3 Å². The van der Waals surface area contributed by atoms with Gasteiger partial charge in [-0.15, -0.1) is 0 Å². The molecule has 0 radical (unpaired) electrons. The van der Waals surface area contributed by atoms with Crippen molar-refractivity contribution in [2.75, 3.05) is 19.0 Å². The maximum atomic E-state index is 4.37. The van der Waals surface area contributed by atoms with Crippen LogP contribution in [0.4, 0.5) is 5.69 Å². The van der Waals surface area contributed by atoms with Crippen LogP contribution in [0.5, 0.6) is 0 Å². The predicted octanol–water partition coefficient (Wildman–Crippen LogP) is 1.48. The van der Waals surface area contributed by atoms with Crippen LogP contribution in [0.25, 0.3) is 0 Å². The molecule has 0 aliphatic heterocycles. The lowest BCUT2D eigenvalue weighted by Gasteiger charge is -2.22. The second-order valence-electron chi connectivity index (χ2n) is 4.80. The quantitative estimate of drug-likeness (QED) is 0.883. The molecule has 5 nitrogen and oxygen atoms in total. The number of nitrogens with zero attached hydrogens (tertiary/aromatic N) is 4. The third-order valence-corrected chi connectivity index (χ3v) is 3.18. The monoisotopic (exact) mass is 259 g/mol. The van der Waals surface area contributed by atoms with Crippen molar-refractivity contribution in [2.45, 2.75) is 20.0 Å². The van der Waals surface area contributed by atoms with Gasteiger partial charge in [0.25, 0.3) is 0 Å². The molecule has 0 fully saturated rings. The summed E-state index contributed by atoms with van der Waals surface area (Å²) in [6.07, 6.45) is 5.74. The molecular weight excluding hydrogens is 238 g/mol. The molecule has 0 saturated heterocycles. The molecule has 0 aliphatic carbocycles. The fourth-order valence-electron chi connectivity index (χ4n) is 2.10. The zero-order valence-electron chi connectivity index (χ0n) is 12.0. The Kier molecular flexibility index (Phi) is 4.16. The zero-order chi connectivity index (χ0) is 13.8. The Hall–Kier alpha value is -1.88. The van der Waals surface area contributed by atoms with Gasteiger partial charge in [-0.3, -0.25) is 4.98 Å². The summed E-state index contributed by atoms with van der Waals surface area (Å²) in [4.78, 5) is 10.9. The first-order valence-electron chi connectivity index (χ1n) is 6.39. The SMILES string of the molecule is CNCc1cnc(C)cc1N(C)Cc1nccn1C. The van der Waals surface area contributed by atoms with Gasteiger partial charge >= 0.3 is 0 Å². The van der Waals surface area contributed by atoms with E-state index < -0.39 is 0 Å². The van der Waals surface area contributed by atoms with Crippen LogP contribution in [-0.2, 0) is 20.1 Å². The molecule has 0 bridgehead atoms. The number of hydrogen-bond donors (Lipinski definition) is 1. The number of nitrogens with one attached hydrogen (secondary N) is 1. The molecule has 0 amide bonds. The number of aromatic nitrogens is 3. The molecule has 1 N–H and O–H groups in total. The van der Waals surface area contributed by atoms with Gasteiger partial charge in [-0.25, -0.2) is 4.98 Å². The van der Waals surface area contributed by atoms with Crippen LogP contribution >= 0.6 is 0 Å². The average molecular weight is 259 g/mol. The number of rotatable bonds is 5. The van der Waals surface area contributed by atoms with Crippen molar-refractivity contribution in [3.8, 4) is 0 Å². The minimum atomic E-state index is 0.781. The van der Waals surface area contributed by atoms with Gasteiger partial charge < -0.3 is 14.8 Å². The molecule has 5 heteroatoms. The van der Waals surface area contributed by atoms with Crippen LogP contribution in [-0.4, -0.2) is 28.6 Å². The molecule has 2 heterocycles. The van der Waals surface area contributed by atoms with Gasteiger partial charge in [-0.05, 0) is 20.0 Å². The summed E-state index contributed by atoms with van der Waals surface area (Å²) >= 11 is 0. The van der Waals surface area contributed by atoms with Gasteiger partial charge in [0.1, 0.15) is 5.82 Å². The summed E-state index contributed by atoms with van der Waals surface area (Å²) in [5.41, 5.74) is 3.43. The number of hydrogen-bond acceptors (Lipinski definition) is 4. The minimum Gasteiger partial charge on any atom is -0.367 e. The first kappa shape index (κ1) is 13.5. The largest absolute Gasteiger partial charge is 0.367 e. The fourth-order valence-corrected chi connectivity index (χ4v) is 2.10. The zero-order valence-corrected chi connectivity index (χ0v) is 12.0. The van der Waals surface area contributed by atoms with Crippen LogP contribution < -0.4 is 10.2 Å². The summed E-state index contributed by atoms with van der Waals surface area (Å²) in [5, 5.41) is 3.18. The van der Waals surface area contributed by atoms with Crippen molar-refractivity contribution < 1.29 is 0 Å². The molecule has 2 aromatic heterocycles. The van der Waals surface area contributed by atoms with E-state index in [0.717, 1.165) is 24.6 Å². The number of imidazole rings is 1. The van der Waals surface area contributed by atoms with E-state index in [-0.39, 0.29) is 0 Å². The van der Waals surface area contributed by atoms with Gasteiger partial charge in [-0.1, -0.05) is 0 Å².